The number of H-pyrrole nitrogens is 1. The molecule has 2 amide bonds. The number of methoxy groups -OCH3 is 1. The number of hydrogen-bond donors (Lipinski definition) is 3. The van der Waals surface area contributed by atoms with Crippen LogP contribution >= 0.6 is 23.4 Å². The van der Waals surface area contributed by atoms with Gasteiger partial charge in [0.2, 0.25) is 11.1 Å². The molecule has 2 aromatic carbocycles. The van der Waals surface area contributed by atoms with Gasteiger partial charge >= 0.3 is 0 Å². The summed E-state index contributed by atoms with van der Waals surface area (Å²) in [6, 6.07) is 13.7. The van der Waals surface area contributed by atoms with Gasteiger partial charge in [0.1, 0.15) is 5.75 Å². The van der Waals surface area contributed by atoms with Crippen molar-refractivity contribution < 1.29 is 14.3 Å². The summed E-state index contributed by atoms with van der Waals surface area (Å²) < 4.78 is 5.12. The van der Waals surface area contributed by atoms with Gasteiger partial charge in [0, 0.05) is 16.1 Å². The number of amides is 2. The van der Waals surface area contributed by atoms with Gasteiger partial charge in [-0.2, -0.15) is 0 Å². The van der Waals surface area contributed by atoms with Crippen molar-refractivity contribution in [1.29, 1.82) is 0 Å². The normalized spacial score (nSPS) is 10.4. The van der Waals surface area contributed by atoms with Gasteiger partial charge in [0.05, 0.1) is 12.9 Å². The van der Waals surface area contributed by atoms with E-state index in [1.54, 1.807) is 31.4 Å². The summed E-state index contributed by atoms with van der Waals surface area (Å²) in [6.07, 6.45) is 0. The van der Waals surface area contributed by atoms with Gasteiger partial charge in [-0.05, 0) is 48.5 Å². The number of ether oxygens (including phenoxy) is 1. The molecule has 1 aromatic heterocycles. The average molecular weight is 418 g/mol. The van der Waals surface area contributed by atoms with Crippen molar-refractivity contribution in [3.05, 3.63) is 59.1 Å². The van der Waals surface area contributed by atoms with E-state index in [9.17, 15) is 9.59 Å². The van der Waals surface area contributed by atoms with E-state index in [1.165, 1.54) is 0 Å². The standard InChI is InChI=1S/C18H16ClN5O3S/c1-27-14-8-4-11(5-9-14)16-20-18(24-22-16)28-10-15(25)21-23-17(26)12-2-6-13(19)7-3-12/h2-9H,10H2,1H3,(H,21,25)(H,23,26)(H,20,22,24). The molecule has 10 heteroatoms. The minimum atomic E-state index is -0.435. The van der Waals surface area contributed by atoms with Gasteiger partial charge in [0.15, 0.2) is 5.82 Å². The molecule has 0 saturated heterocycles. The minimum absolute atomic E-state index is 0.0425. The molecule has 0 aliphatic heterocycles. The molecule has 0 saturated carbocycles. The topological polar surface area (TPSA) is 109 Å². The molecule has 1 heterocycles. The van der Waals surface area contributed by atoms with Crippen LogP contribution in [0.1, 0.15) is 10.4 Å². The van der Waals surface area contributed by atoms with Crippen molar-refractivity contribution in [1.82, 2.24) is 26.0 Å². The highest BCUT2D eigenvalue weighted by molar-refractivity contribution is 7.99. The zero-order chi connectivity index (χ0) is 19.9. The summed E-state index contributed by atoms with van der Waals surface area (Å²) in [5.41, 5.74) is 5.92. The summed E-state index contributed by atoms with van der Waals surface area (Å²) in [5, 5.41) is 7.85. The fraction of sp³-hybridized carbons (Fsp3) is 0.111. The molecule has 0 fully saturated rings. The second-order valence-electron chi connectivity index (χ2n) is 5.49. The van der Waals surface area contributed by atoms with E-state index in [-0.39, 0.29) is 11.7 Å². The molecule has 0 atom stereocenters. The molecular formula is C18H16ClN5O3S. The molecule has 0 radical (unpaired) electrons. The van der Waals surface area contributed by atoms with Gasteiger partial charge in [-0.15, -0.1) is 5.10 Å². The lowest BCUT2D eigenvalue weighted by atomic mass is 10.2. The zero-order valence-electron chi connectivity index (χ0n) is 14.7. The number of aromatic amines is 1. The Labute approximate surface area is 170 Å². The molecule has 0 spiro atoms. The number of nitrogens with zero attached hydrogens (tertiary/aromatic N) is 2. The van der Waals surface area contributed by atoms with Crippen LogP contribution in [0.4, 0.5) is 0 Å². The quantitative estimate of drug-likeness (QED) is 0.420. The maximum Gasteiger partial charge on any atom is 0.269 e. The van der Waals surface area contributed by atoms with Crippen LogP contribution in [0.3, 0.4) is 0 Å². The van der Waals surface area contributed by atoms with Crippen molar-refractivity contribution in [2.24, 2.45) is 0 Å². The summed E-state index contributed by atoms with van der Waals surface area (Å²) >= 11 is 6.92. The molecule has 0 aliphatic rings. The molecule has 28 heavy (non-hydrogen) atoms. The van der Waals surface area contributed by atoms with E-state index in [0.29, 0.717) is 21.6 Å². The van der Waals surface area contributed by atoms with E-state index in [2.05, 4.69) is 26.0 Å². The van der Waals surface area contributed by atoms with Crippen LogP contribution in [0, 0.1) is 0 Å². The first-order valence-electron chi connectivity index (χ1n) is 8.09. The van der Waals surface area contributed by atoms with Gasteiger partial charge < -0.3 is 4.74 Å². The Balaban J connectivity index is 1.47. The van der Waals surface area contributed by atoms with Crippen molar-refractivity contribution in [2.75, 3.05) is 12.9 Å². The zero-order valence-corrected chi connectivity index (χ0v) is 16.3. The number of rotatable bonds is 6. The molecule has 3 rings (SSSR count). The number of benzene rings is 2. The minimum Gasteiger partial charge on any atom is -0.497 e. The Kier molecular flexibility index (Phi) is 6.51. The third-order valence-corrected chi connectivity index (χ3v) is 4.68. The number of nitrogens with one attached hydrogen (secondary N) is 3. The molecule has 0 unspecified atom stereocenters. The van der Waals surface area contributed by atoms with E-state index in [1.807, 2.05) is 24.3 Å². The number of hydrogen-bond acceptors (Lipinski definition) is 6. The van der Waals surface area contributed by atoms with Gasteiger partial charge in [-0.1, -0.05) is 23.4 Å². The van der Waals surface area contributed by atoms with Crippen LogP contribution in [0.25, 0.3) is 11.4 Å². The Hall–Kier alpha value is -3.04. The van der Waals surface area contributed by atoms with E-state index >= 15 is 0 Å². The number of hydrazine groups is 1. The molecule has 144 valence electrons. The highest BCUT2D eigenvalue weighted by Crippen LogP contribution is 2.21. The Morgan fingerprint density at radius 2 is 1.82 bits per heavy atom. The lowest BCUT2D eigenvalue weighted by Crippen LogP contribution is -2.42. The first-order valence-corrected chi connectivity index (χ1v) is 9.46. The van der Waals surface area contributed by atoms with E-state index < -0.39 is 5.91 Å². The van der Waals surface area contributed by atoms with Crippen molar-refractivity contribution in [3.63, 3.8) is 0 Å². The number of carbonyl (C=O) groups is 2. The molecule has 3 N–H and O–H groups in total. The third kappa shape index (κ3) is 5.24. The Morgan fingerprint density at radius 3 is 2.50 bits per heavy atom. The lowest BCUT2D eigenvalue weighted by molar-refractivity contribution is -0.119. The first kappa shape index (κ1) is 19.7. The van der Waals surface area contributed by atoms with Crippen LogP contribution < -0.4 is 15.6 Å². The third-order valence-electron chi connectivity index (χ3n) is 3.58. The Bertz CT molecular complexity index is 960. The van der Waals surface area contributed by atoms with Gasteiger partial charge in [-0.3, -0.25) is 25.5 Å². The molecule has 8 nitrogen and oxygen atoms in total. The summed E-state index contributed by atoms with van der Waals surface area (Å²) in [6.45, 7) is 0. The van der Waals surface area contributed by atoms with Gasteiger partial charge in [-0.25, -0.2) is 4.98 Å². The maximum absolute atomic E-state index is 11.9. The van der Waals surface area contributed by atoms with Crippen molar-refractivity contribution in [3.8, 4) is 17.1 Å². The Morgan fingerprint density at radius 1 is 1.11 bits per heavy atom. The predicted octanol–water partition coefficient (Wildman–Crippen LogP) is 2.69. The van der Waals surface area contributed by atoms with Gasteiger partial charge in [0.25, 0.3) is 5.91 Å². The summed E-state index contributed by atoms with van der Waals surface area (Å²) in [5.74, 6) is 0.551. The van der Waals surface area contributed by atoms with Crippen LogP contribution in [0.15, 0.2) is 53.7 Å². The SMILES string of the molecule is COc1ccc(-c2nc(SCC(=O)NNC(=O)c3ccc(Cl)cc3)n[nH]2)cc1. The number of aromatic nitrogens is 3. The molecule has 0 bridgehead atoms. The molecular weight excluding hydrogens is 402 g/mol. The van der Waals surface area contributed by atoms with Crippen LogP contribution in [0.2, 0.25) is 5.02 Å². The van der Waals surface area contributed by atoms with Crippen molar-refractivity contribution >= 4 is 35.2 Å². The van der Waals surface area contributed by atoms with Crippen molar-refractivity contribution in [2.45, 2.75) is 5.16 Å². The van der Waals surface area contributed by atoms with Crippen LogP contribution in [-0.2, 0) is 4.79 Å². The summed E-state index contributed by atoms with van der Waals surface area (Å²) in [4.78, 5) is 28.2. The largest absolute Gasteiger partial charge is 0.497 e. The lowest BCUT2D eigenvalue weighted by Gasteiger charge is -2.06. The second kappa shape index (κ2) is 9.25. The average Bonchev–Trinajstić information content (AvgIpc) is 3.20. The smallest absolute Gasteiger partial charge is 0.269 e. The second-order valence-corrected chi connectivity index (χ2v) is 6.87. The summed E-state index contributed by atoms with van der Waals surface area (Å²) in [7, 11) is 1.60. The predicted molar refractivity (Wildman–Crippen MR) is 106 cm³/mol. The maximum atomic E-state index is 11.9. The molecule has 3 aromatic rings. The van der Waals surface area contributed by atoms with E-state index in [0.717, 1.165) is 23.1 Å². The number of carbonyl (C=O) groups excluding carboxylic acids is 2. The number of halogens is 1. The monoisotopic (exact) mass is 417 g/mol. The van der Waals surface area contributed by atoms with E-state index in [4.69, 9.17) is 16.3 Å². The number of thioether (sulfide) groups is 1. The highest BCUT2D eigenvalue weighted by Gasteiger charge is 2.11. The fourth-order valence-corrected chi connectivity index (χ4v) is 2.88. The van der Waals surface area contributed by atoms with Crippen LogP contribution in [-0.4, -0.2) is 39.9 Å². The highest BCUT2D eigenvalue weighted by atomic mass is 35.5. The first-order chi connectivity index (χ1) is 13.5. The molecule has 0 aliphatic carbocycles. The van der Waals surface area contributed by atoms with Crippen LogP contribution in [0.5, 0.6) is 5.75 Å². The fourth-order valence-electron chi connectivity index (χ4n) is 2.16.